The van der Waals surface area contributed by atoms with Gasteiger partial charge in [0, 0.05) is 11.9 Å². The van der Waals surface area contributed by atoms with Crippen molar-refractivity contribution < 1.29 is 4.79 Å². The SMILES string of the molecule is Cc1ccc(NC(=O)c2cccnn2)cc1. The van der Waals surface area contributed by atoms with Gasteiger partial charge in [-0.2, -0.15) is 5.10 Å². The summed E-state index contributed by atoms with van der Waals surface area (Å²) in [4.78, 5) is 11.7. The maximum atomic E-state index is 11.7. The lowest BCUT2D eigenvalue weighted by molar-refractivity contribution is 0.102. The van der Waals surface area contributed by atoms with E-state index in [0.717, 1.165) is 11.3 Å². The summed E-state index contributed by atoms with van der Waals surface area (Å²) >= 11 is 0. The van der Waals surface area contributed by atoms with Crippen LogP contribution >= 0.6 is 0 Å². The van der Waals surface area contributed by atoms with Crippen LogP contribution in [0.15, 0.2) is 42.6 Å². The number of aromatic nitrogens is 2. The Morgan fingerprint density at radius 1 is 1.19 bits per heavy atom. The molecule has 1 aromatic carbocycles. The van der Waals surface area contributed by atoms with Gasteiger partial charge in [0.2, 0.25) is 0 Å². The van der Waals surface area contributed by atoms with Gasteiger partial charge in [-0.05, 0) is 31.2 Å². The Kier molecular flexibility index (Phi) is 2.91. The molecule has 4 heteroatoms. The molecule has 0 spiro atoms. The van der Waals surface area contributed by atoms with E-state index < -0.39 is 0 Å². The molecule has 1 aromatic heterocycles. The van der Waals surface area contributed by atoms with E-state index in [1.807, 2.05) is 31.2 Å². The van der Waals surface area contributed by atoms with Crippen LogP contribution in [0.3, 0.4) is 0 Å². The first-order valence-corrected chi connectivity index (χ1v) is 4.91. The molecule has 1 amide bonds. The number of hydrogen-bond acceptors (Lipinski definition) is 3. The molecule has 0 radical (unpaired) electrons. The predicted octanol–water partition coefficient (Wildman–Crippen LogP) is 2.04. The maximum absolute atomic E-state index is 11.7. The zero-order chi connectivity index (χ0) is 11.4. The number of carbonyl (C=O) groups excluding carboxylic acids is 1. The molecule has 0 fully saturated rings. The van der Waals surface area contributed by atoms with Crippen LogP contribution in [-0.2, 0) is 0 Å². The Balaban J connectivity index is 2.11. The first-order chi connectivity index (χ1) is 7.75. The third-order valence-corrected chi connectivity index (χ3v) is 2.11. The summed E-state index contributed by atoms with van der Waals surface area (Å²) in [5, 5.41) is 10.1. The standard InChI is InChI=1S/C12H11N3O/c1-9-4-6-10(7-5-9)14-12(16)11-3-2-8-13-15-11/h2-8H,1H3,(H,14,16). The number of nitrogens with one attached hydrogen (secondary N) is 1. The number of aryl methyl sites for hydroxylation is 1. The van der Waals surface area contributed by atoms with Gasteiger partial charge in [-0.3, -0.25) is 4.79 Å². The van der Waals surface area contributed by atoms with Gasteiger partial charge in [0.25, 0.3) is 5.91 Å². The van der Waals surface area contributed by atoms with Crippen LogP contribution in [0.2, 0.25) is 0 Å². The van der Waals surface area contributed by atoms with Crippen LogP contribution in [0.4, 0.5) is 5.69 Å². The highest BCUT2D eigenvalue weighted by Gasteiger charge is 2.06. The fourth-order valence-electron chi connectivity index (χ4n) is 1.25. The molecule has 1 heterocycles. The van der Waals surface area contributed by atoms with Gasteiger partial charge in [0.05, 0.1) is 0 Å². The Bertz CT molecular complexity index is 479. The molecule has 0 atom stereocenters. The molecule has 80 valence electrons. The highest BCUT2D eigenvalue weighted by Crippen LogP contribution is 2.09. The van der Waals surface area contributed by atoms with Crippen LogP contribution in [0.25, 0.3) is 0 Å². The topological polar surface area (TPSA) is 54.9 Å². The Morgan fingerprint density at radius 2 is 1.94 bits per heavy atom. The Labute approximate surface area is 93.3 Å². The highest BCUT2D eigenvalue weighted by atomic mass is 16.1. The summed E-state index contributed by atoms with van der Waals surface area (Å²) in [6, 6.07) is 10.9. The lowest BCUT2D eigenvalue weighted by Gasteiger charge is -2.03. The molecule has 0 aliphatic rings. The van der Waals surface area contributed by atoms with Crippen molar-refractivity contribution in [3.63, 3.8) is 0 Å². The predicted molar refractivity (Wildman–Crippen MR) is 61.2 cm³/mol. The molecule has 0 saturated heterocycles. The number of amides is 1. The molecule has 0 unspecified atom stereocenters. The average Bonchev–Trinajstić information content (AvgIpc) is 2.33. The molecule has 0 bridgehead atoms. The molecule has 4 nitrogen and oxygen atoms in total. The van der Waals surface area contributed by atoms with Crippen molar-refractivity contribution in [2.75, 3.05) is 5.32 Å². The molecular weight excluding hydrogens is 202 g/mol. The molecule has 2 aromatic rings. The minimum absolute atomic E-state index is 0.253. The van der Waals surface area contributed by atoms with Crippen LogP contribution in [-0.4, -0.2) is 16.1 Å². The third-order valence-electron chi connectivity index (χ3n) is 2.11. The van der Waals surface area contributed by atoms with Gasteiger partial charge < -0.3 is 5.32 Å². The van der Waals surface area contributed by atoms with Gasteiger partial charge in [-0.1, -0.05) is 17.7 Å². The average molecular weight is 213 g/mol. The second-order valence-corrected chi connectivity index (χ2v) is 3.43. The van der Waals surface area contributed by atoms with Crippen molar-refractivity contribution in [2.24, 2.45) is 0 Å². The minimum atomic E-state index is -0.253. The third kappa shape index (κ3) is 2.42. The van der Waals surface area contributed by atoms with Crippen LogP contribution < -0.4 is 5.32 Å². The van der Waals surface area contributed by atoms with E-state index in [2.05, 4.69) is 15.5 Å². The summed E-state index contributed by atoms with van der Waals surface area (Å²) in [6.07, 6.45) is 1.53. The minimum Gasteiger partial charge on any atom is -0.321 e. The van der Waals surface area contributed by atoms with E-state index in [4.69, 9.17) is 0 Å². The van der Waals surface area contributed by atoms with E-state index in [0.29, 0.717) is 5.69 Å². The second-order valence-electron chi connectivity index (χ2n) is 3.43. The number of anilines is 1. The molecule has 0 aliphatic carbocycles. The van der Waals surface area contributed by atoms with Gasteiger partial charge in [0.1, 0.15) is 0 Å². The van der Waals surface area contributed by atoms with Gasteiger partial charge in [-0.15, -0.1) is 5.10 Å². The summed E-state index contributed by atoms with van der Waals surface area (Å²) in [5.41, 5.74) is 2.21. The molecule has 0 saturated carbocycles. The summed E-state index contributed by atoms with van der Waals surface area (Å²) in [5.74, 6) is -0.253. The molecule has 0 aliphatic heterocycles. The van der Waals surface area contributed by atoms with Crippen molar-refractivity contribution in [2.45, 2.75) is 6.92 Å². The maximum Gasteiger partial charge on any atom is 0.276 e. The van der Waals surface area contributed by atoms with Crippen molar-refractivity contribution >= 4 is 11.6 Å². The van der Waals surface area contributed by atoms with Gasteiger partial charge in [0.15, 0.2) is 5.69 Å². The van der Waals surface area contributed by atoms with Crippen molar-refractivity contribution in [3.05, 3.63) is 53.9 Å². The van der Waals surface area contributed by atoms with Crippen molar-refractivity contribution in [3.8, 4) is 0 Å². The first-order valence-electron chi connectivity index (χ1n) is 4.91. The second kappa shape index (κ2) is 4.53. The van der Waals surface area contributed by atoms with E-state index in [1.54, 1.807) is 12.1 Å². The lowest BCUT2D eigenvalue weighted by atomic mass is 10.2. The van der Waals surface area contributed by atoms with E-state index >= 15 is 0 Å². The number of rotatable bonds is 2. The quantitative estimate of drug-likeness (QED) is 0.830. The largest absolute Gasteiger partial charge is 0.321 e. The van der Waals surface area contributed by atoms with Crippen LogP contribution in [0.5, 0.6) is 0 Å². The summed E-state index contributed by atoms with van der Waals surface area (Å²) < 4.78 is 0. The lowest BCUT2D eigenvalue weighted by Crippen LogP contribution is -2.13. The summed E-state index contributed by atoms with van der Waals surface area (Å²) in [6.45, 7) is 1.99. The number of hydrogen-bond donors (Lipinski definition) is 1. The van der Waals surface area contributed by atoms with Gasteiger partial charge >= 0.3 is 0 Å². The Hall–Kier alpha value is -2.23. The van der Waals surface area contributed by atoms with E-state index in [9.17, 15) is 4.79 Å². The number of benzene rings is 1. The molecule has 16 heavy (non-hydrogen) atoms. The fraction of sp³-hybridized carbons (Fsp3) is 0.0833. The normalized spacial score (nSPS) is 9.81. The zero-order valence-corrected chi connectivity index (χ0v) is 8.84. The van der Waals surface area contributed by atoms with E-state index in [1.165, 1.54) is 6.20 Å². The zero-order valence-electron chi connectivity index (χ0n) is 8.84. The monoisotopic (exact) mass is 213 g/mol. The molecular formula is C12H11N3O. The molecule has 1 N–H and O–H groups in total. The van der Waals surface area contributed by atoms with Gasteiger partial charge in [-0.25, -0.2) is 0 Å². The molecule has 2 rings (SSSR count). The fourth-order valence-corrected chi connectivity index (χ4v) is 1.25. The highest BCUT2D eigenvalue weighted by molar-refractivity contribution is 6.02. The summed E-state index contributed by atoms with van der Waals surface area (Å²) in [7, 11) is 0. The van der Waals surface area contributed by atoms with Crippen LogP contribution in [0.1, 0.15) is 16.1 Å². The smallest absolute Gasteiger partial charge is 0.276 e. The number of nitrogens with zero attached hydrogens (tertiary/aromatic N) is 2. The van der Waals surface area contributed by atoms with Crippen molar-refractivity contribution in [1.82, 2.24) is 10.2 Å². The van der Waals surface area contributed by atoms with E-state index in [-0.39, 0.29) is 5.91 Å². The van der Waals surface area contributed by atoms with Crippen molar-refractivity contribution in [1.29, 1.82) is 0 Å². The first kappa shape index (κ1) is 10.3. The van der Waals surface area contributed by atoms with Crippen LogP contribution in [0, 0.1) is 6.92 Å². The Morgan fingerprint density at radius 3 is 2.56 bits per heavy atom. The number of carbonyl (C=O) groups is 1.